The highest BCUT2D eigenvalue weighted by atomic mass is 16.6. The lowest BCUT2D eigenvalue weighted by Gasteiger charge is -2.33. The predicted octanol–water partition coefficient (Wildman–Crippen LogP) is 0.624. The summed E-state index contributed by atoms with van der Waals surface area (Å²) in [4.78, 5) is 30.1. The van der Waals surface area contributed by atoms with E-state index in [9.17, 15) is 9.59 Å². The van der Waals surface area contributed by atoms with Crippen LogP contribution in [0.5, 0.6) is 0 Å². The number of nitrogens with zero attached hydrogens (tertiary/aromatic N) is 3. The number of carbonyl (C=O) groups excluding carboxylic acids is 2. The van der Waals surface area contributed by atoms with Gasteiger partial charge < -0.3 is 19.5 Å². The summed E-state index contributed by atoms with van der Waals surface area (Å²) in [6, 6.07) is 0. The van der Waals surface area contributed by atoms with Gasteiger partial charge in [0.2, 0.25) is 5.91 Å². The second kappa shape index (κ2) is 6.98. The normalized spacial score (nSPS) is 17.9. The maximum Gasteiger partial charge on any atom is 0.409 e. The van der Waals surface area contributed by atoms with E-state index in [2.05, 4.69) is 4.99 Å². The van der Waals surface area contributed by atoms with Crippen molar-refractivity contribution in [1.29, 1.82) is 0 Å². The van der Waals surface area contributed by atoms with Gasteiger partial charge in [-0.1, -0.05) is 6.92 Å². The van der Waals surface area contributed by atoms with Crippen LogP contribution in [0, 0.1) is 5.92 Å². The quantitative estimate of drug-likeness (QED) is 0.695. The van der Waals surface area contributed by atoms with Crippen LogP contribution in [0.4, 0.5) is 4.79 Å². The molecule has 0 bridgehead atoms. The van der Waals surface area contributed by atoms with Crippen molar-refractivity contribution < 1.29 is 14.3 Å². The number of carbonyl (C=O) groups is 2. The third-order valence-electron chi connectivity index (χ3n) is 2.86. The van der Waals surface area contributed by atoms with Crippen molar-refractivity contribution >= 4 is 18.2 Å². The van der Waals surface area contributed by atoms with E-state index in [1.807, 2.05) is 6.92 Å². The Bertz CT molecular complexity index is 323. The van der Waals surface area contributed by atoms with E-state index in [-0.39, 0.29) is 17.9 Å². The van der Waals surface area contributed by atoms with Crippen molar-refractivity contribution in [3.8, 4) is 0 Å². The van der Waals surface area contributed by atoms with Gasteiger partial charge in [0, 0.05) is 52.3 Å². The van der Waals surface area contributed by atoms with E-state index in [4.69, 9.17) is 4.74 Å². The van der Waals surface area contributed by atoms with E-state index in [0.29, 0.717) is 32.8 Å². The first-order valence-corrected chi connectivity index (χ1v) is 6.14. The Hall–Kier alpha value is -1.59. The van der Waals surface area contributed by atoms with Gasteiger partial charge in [0.15, 0.2) is 0 Å². The summed E-state index contributed by atoms with van der Waals surface area (Å²) in [7, 11) is 1.69. The largest absolute Gasteiger partial charge is 0.449 e. The third-order valence-corrected chi connectivity index (χ3v) is 2.86. The van der Waals surface area contributed by atoms with Crippen molar-refractivity contribution in [2.75, 3.05) is 39.8 Å². The number of amides is 2. The summed E-state index contributed by atoms with van der Waals surface area (Å²) >= 11 is 0. The van der Waals surface area contributed by atoms with Crippen molar-refractivity contribution in [2.45, 2.75) is 13.8 Å². The Morgan fingerprint density at radius 2 is 1.83 bits per heavy atom. The molecule has 0 saturated carbocycles. The van der Waals surface area contributed by atoms with Crippen molar-refractivity contribution in [3.63, 3.8) is 0 Å². The first-order valence-electron chi connectivity index (χ1n) is 6.14. The van der Waals surface area contributed by atoms with Crippen LogP contribution in [0.25, 0.3) is 0 Å². The van der Waals surface area contributed by atoms with E-state index < -0.39 is 0 Å². The van der Waals surface area contributed by atoms with Gasteiger partial charge in [0.1, 0.15) is 6.61 Å². The molecule has 0 radical (unpaired) electrons. The highest BCUT2D eigenvalue weighted by molar-refractivity contribution is 5.74. The van der Waals surface area contributed by atoms with Crippen LogP contribution in [0.15, 0.2) is 4.99 Å². The predicted molar refractivity (Wildman–Crippen MR) is 68.8 cm³/mol. The van der Waals surface area contributed by atoms with Crippen LogP contribution in [-0.2, 0) is 9.53 Å². The SMILES string of the molecule is CN=CC(C)COC(=O)N1CCN(C(C)=O)CC1. The monoisotopic (exact) mass is 255 g/mol. The molecule has 6 nitrogen and oxygen atoms in total. The smallest absolute Gasteiger partial charge is 0.409 e. The lowest BCUT2D eigenvalue weighted by atomic mass is 10.2. The zero-order chi connectivity index (χ0) is 13.5. The molecule has 0 aliphatic carbocycles. The maximum atomic E-state index is 11.7. The minimum atomic E-state index is -0.311. The molecule has 1 heterocycles. The Kier molecular flexibility index (Phi) is 5.61. The standard InChI is InChI=1S/C12H21N3O3/c1-10(8-13-3)9-18-12(17)15-6-4-14(5-7-15)11(2)16/h8,10H,4-7,9H2,1-3H3. The lowest BCUT2D eigenvalue weighted by molar-refractivity contribution is -0.130. The second-order valence-electron chi connectivity index (χ2n) is 4.45. The molecule has 18 heavy (non-hydrogen) atoms. The first-order chi connectivity index (χ1) is 8.54. The summed E-state index contributed by atoms with van der Waals surface area (Å²) in [5.41, 5.74) is 0. The highest BCUT2D eigenvalue weighted by Gasteiger charge is 2.23. The fraction of sp³-hybridized carbons (Fsp3) is 0.750. The topological polar surface area (TPSA) is 62.2 Å². The molecule has 0 spiro atoms. The molecule has 0 aromatic heterocycles. The molecule has 1 saturated heterocycles. The minimum absolute atomic E-state index is 0.0517. The number of aliphatic imine (C=N–C) groups is 1. The highest BCUT2D eigenvalue weighted by Crippen LogP contribution is 2.05. The molecule has 1 rings (SSSR count). The number of piperazine rings is 1. The van der Waals surface area contributed by atoms with Gasteiger partial charge in [-0.15, -0.1) is 0 Å². The van der Waals surface area contributed by atoms with E-state index in [0.717, 1.165) is 0 Å². The summed E-state index contributed by atoms with van der Waals surface area (Å²) < 4.78 is 5.18. The number of hydrogen-bond donors (Lipinski definition) is 0. The maximum absolute atomic E-state index is 11.7. The van der Waals surface area contributed by atoms with E-state index >= 15 is 0 Å². The van der Waals surface area contributed by atoms with E-state index in [1.54, 1.807) is 30.0 Å². The Labute approximate surface area is 108 Å². The van der Waals surface area contributed by atoms with Crippen LogP contribution in [0.2, 0.25) is 0 Å². The lowest BCUT2D eigenvalue weighted by Crippen LogP contribution is -2.50. The molecular weight excluding hydrogens is 234 g/mol. The molecule has 0 N–H and O–H groups in total. The molecule has 1 unspecified atom stereocenters. The molecule has 1 aliphatic rings. The third kappa shape index (κ3) is 4.35. The van der Waals surface area contributed by atoms with Gasteiger partial charge in [-0.3, -0.25) is 4.79 Å². The minimum Gasteiger partial charge on any atom is -0.449 e. The van der Waals surface area contributed by atoms with Crippen LogP contribution in [0.1, 0.15) is 13.8 Å². The average Bonchev–Trinajstić information content (AvgIpc) is 2.36. The zero-order valence-corrected chi connectivity index (χ0v) is 11.3. The van der Waals surface area contributed by atoms with Crippen molar-refractivity contribution in [3.05, 3.63) is 0 Å². The summed E-state index contributed by atoms with van der Waals surface area (Å²) in [5, 5.41) is 0. The molecule has 0 aromatic rings. The first kappa shape index (κ1) is 14.5. The number of rotatable bonds is 3. The van der Waals surface area contributed by atoms with Gasteiger partial charge in [-0.25, -0.2) is 4.79 Å². The van der Waals surface area contributed by atoms with Gasteiger partial charge in [0.25, 0.3) is 0 Å². The molecule has 1 atom stereocenters. The van der Waals surface area contributed by atoms with Crippen molar-refractivity contribution in [2.24, 2.45) is 10.9 Å². The van der Waals surface area contributed by atoms with Gasteiger partial charge in [-0.2, -0.15) is 0 Å². The molecule has 1 aliphatic heterocycles. The van der Waals surface area contributed by atoms with Gasteiger partial charge in [0.05, 0.1) is 0 Å². The van der Waals surface area contributed by atoms with Crippen LogP contribution < -0.4 is 0 Å². The zero-order valence-electron chi connectivity index (χ0n) is 11.3. The van der Waals surface area contributed by atoms with Crippen LogP contribution >= 0.6 is 0 Å². The molecule has 102 valence electrons. The Balaban J connectivity index is 2.30. The Morgan fingerprint density at radius 1 is 1.28 bits per heavy atom. The van der Waals surface area contributed by atoms with Crippen molar-refractivity contribution in [1.82, 2.24) is 9.80 Å². The fourth-order valence-corrected chi connectivity index (χ4v) is 1.80. The van der Waals surface area contributed by atoms with Gasteiger partial charge in [-0.05, 0) is 0 Å². The average molecular weight is 255 g/mol. The van der Waals surface area contributed by atoms with E-state index in [1.165, 1.54) is 0 Å². The Morgan fingerprint density at radius 3 is 2.33 bits per heavy atom. The molecule has 1 fully saturated rings. The van der Waals surface area contributed by atoms with Crippen LogP contribution in [-0.4, -0.2) is 67.8 Å². The number of hydrogen-bond acceptors (Lipinski definition) is 4. The summed E-state index contributed by atoms with van der Waals surface area (Å²) in [6.07, 6.45) is 1.44. The molecular formula is C12H21N3O3. The fourth-order valence-electron chi connectivity index (χ4n) is 1.80. The van der Waals surface area contributed by atoms with Gasteiger partial charge >= 0.3 is 6.09 Å². The molecule has 2 amide bonds. The second-order valence-corrected chi connectivity index (χ2v) is 4.45. The molecule has 6 heteroatoms. The van der Waals surface area contributed by atoms with Crippen LogP contribution in [0.3, 0.4) is 0 Å². The summed E-state index contributed by atoms with van der Waals surface area (Å²) in [5.74, 6) is 0.174. The number of ether oxygens (including phenoxy) is 1. The molecule has 0 aromatic carbocycles. The summed E-state index contributed by atoms with van der Waals surface area (Å²) in [6.45, 7) is 6.05.